The third-order valence-electron chi connectivity index (χ3n) is 2.52. The lowest BCUT2D eigenvalue weighted by atomic mass is 10.1. The van der Waals surface area contributed by atoms with Crippen LogP contribution in [0.15, 0.2) is 36.5 Å². The molecule has 4 nitrogen and oxygen atoms in total. The van der Waals surface area contributed by atoms with Crippen LogP contribution in [0.4, 0.5) is 0 Å². The number of para-hydroxylation sites is 1. The third-order valence-corrected chi connectivity index (χ3v) is 2.52. The first-order valence-corrected chi connectivity index (χ1v) is 5.63. The van der Waals surface area contributed by atoms with Crippen molar-refractivity contribution in [3.8, 4) is 22.8 Å². The summed E-state index contributed by atoms with van der Waals surface area (Å²) in [5.41, 5.74) is 1.23. The van der Waals surface area contributed by atoms with E-state index >= 15 is 0 Å². The average molecular weight is 243 g/mol. The summed E-state index contributed by atoms with van der Waals surface area (Å²) in [6.07, 6.45) is 2.09. The molecule has 0 unspecified atom stereocenters. The van der Waals surface area contributed by atoms with Crippen LogP contribution in [0.1, 0.15) is 17.3 Å². The molecule has 92 valence electrons. The summed E-state index contributed by atoms with van der Waals surface area (Å²) in [6, 6.07) is 8.73. The monoisotopic (exact) mass is 243 g/mol. The fourth-order valence-electron chi connectivity index (χ4n) is 1.70. The molecule has 2 aromatic rings. The first-order valence-electron chi connectivity index (χ1n) is 5.63. The van der Waals surface area contributed by atoms with Crippen LogP contribution >= 0.6 is 0 Å². The lowest BCUT2D eigenvalue weighted by Crippen LogP contribution is -1.96. The maximum atomic E-state index is 10.8. The molecule has 0 bridgehead atoms. The highest BCUT2D eigenvalue weighted by molar-refractivity contribution is 5.85. The zero-order chi connectivity index (χ0) is 13.0. The molecule has 0 atom stereocenters. The molecule has 1 heterocycles. The highest BCUT2D eigenvalue weighted by Crippen LogP contribution is 2.35. The Bertz CT molecular complexity index is 567. The molecule has 0 saturated heterocycles. The number of aromatic nitrogens is 1. The summed E-state index contributed by atoms with van der Waals surface area (Å²) in [4.78, 5) is 14.9. The van der Waals surface area contributed by atoms with Crippen LogP contribution in [-0.2, 0) is 0 Å². The van der Waals surface area contributed by atoms with Gasteiger partial charge in [0.25, 0.3) is 0 Å². The number of carbonyl (C=O) groups excluding carboxylic acids is 1. The van der Waals surface area contributed by atoms with Crippen molar-refractivity contribution in [2.24, 2.45) is 0 Å². The van der Waals surface area contributed by atoms with Crippen LogP contribution in [0, 0.1) is 0 Å². The molecule has 0 aliphatic rings. The number of carbonyl (C=O) groups is 1. The second kappa shape index (κ2) is 5.31. The van der Waals surface area contributed by atoms with Gasteiger partial charge >= 0.3 is 0 Å². The number of hydrogen-bond donors (Lipinski definition) is 1. The van der Waals surface area contributed by atoms with Crippen LogP contribution in [0.2, 0.25) is 0 Å². The van der Waals surface area contributed by atoms with E-state index in [1.165, 1.54) is 12.3 Å². The minimum atomic E-state index is -0.125. The Kier molecular flexibility index (Phi) is 3.57. The van der Waals surface area contributed by atoms with Gasteiger partial charge in [-0.25, -0.2) is 0 Å². The average Bonchev–Trinajstić information content (AvgIpc) is 2.40. The van der Waals surface area contributed by atoms with Crippen molar-refractivity contribution in [1.82, 2.24) is 4.98 Å². The Morgan fingerprint density at radius 1 is 1.33 bits per heavy atom. The summed E-state index contributed by atoms with van der Waals surface area (Å²) in [5.74, 6) is 0.505. The third kappa shape index (κ3) is 2.18. The minimum absolute atomic E-state index is 0.125. The Labute approximate surface area is 105 Å². The molecular formula is C14H13NO3. The van der Waals surface area contributed by atoms with E-state index in [1.54, 1.807) is 12.1 Å². The molecule has 0 amide bonds. The Balaban J connectivity index is 2.58. The molecular weight excluding hydrogens is 230 g/mol. The van der Waals surface area contributed by atoms with Crippen molar-refractivity contribution in [3.63, 3.8) is 0 Å². The highest BCUT2D eigenvalue weighted by atomic mass is 16.5. The van der Waals surface area contributed by atoms with Gasteiger partial charge in [0, 0.05) is 11.8 Å². The molecule has 4 heteroatoms. The van der Waals surface area contributed by atoms with E-state index in [0.29, 0.717) is 29.9 Å². The van der Waals surface area contributed by atoms with Crippen LogP contribution < -0.4 is 4.74 Å². The van der Waals surface area contributed by atoms with Gasteiger partial charge in [-0.2, -0.15) is 0 Å². The molecule has 18 heavy (non-hydrogen) atoms. The summed E-state index contributed by atoms with van der Waals surface area (Å²) in [5, 5.41) is 9.99. The number of rotatable bonds is 4. The second-order valence-electron chi connectivity index (χ2n) is 3.64. The van der Waals surface area contributed by atoms with Crippen LogP contribution in [0.25, 0.3) is 11.3 Å². The first kappa shape index (κ1) is 12.1. The topological polar surface area (TPSA) is 59.4 Å². The van der Waals surface area contributed by atoms with Gasteiger partial charge in [0.15, 0.2) is 12.0 Å². The van der Waals surface area contributed by atoms with E-state index in [9.17, 15) is 9.90 Å². The fourth-order valence-corrected chi connectivity index (χ4v) is 1.70. The predicted octanol–water partition coefficient (Wildman–Crippen LogP) is 2.67. The summed E-state index contributed by atoms with van der Waals surface area (Å²) >= 11 is 0. The molecule has 1 aromatic heterocycles. The van der Waals surface area contributed by atoms with Crippen LogP contribution in [0.3, 0.4) is 0 Å². The number of pyridine rings is 1. The normalized spacial score (nSPS) is 10.1. The van der Waals surface area contributed by atoms with Crippen molar-refractivity contribution >= 4 is 6.29 Å². The molecule has 0 saturated carbocycles. The van der Waals surface area contributed by atoms with Crippen LogP contribution in [-0.4, -0.2) is 23.0 Å². The lowest BCUT2D eigenvalue weighted by Gasteiger charge is -2.11. The van der Waals surface area contributed by atoms with E-state index in [0.717, 1.165) is 0 Å². The number of hydrogen-bond acceptors (Lipinski definition) is 4. The SMILES string of the molecule is CCOc1ccccc1-c1nccc(C=O)c1O. The van der Waals surface area contributed by atoms with E-state index < -0.39 is 0 Å². The fraction of sp³-hybridized carbons (Fsp3) is 0.143. The Morgan fingerprint density at radius 3 is 2.83 bits per heavy atom. The van der Waals surface area contributed by atoms with Gasteiger partial charge in [-0.1, -0.05) is 12.1 Å². The summed E-state index contributed by atoms with van der Waals surface area (Å²) in [7, 11) is 0. The van der Waals surface area contributed by atoms with Crippen molar-refractivity contribution in [2.75, 3.05) is 6.61 Å². The maximum Gasteiger partial charge on any atom is 0.153 e. The zero-order valence-electron chi connectivity index (χ0n) is 9.96. The quantitative estimate of drug-likeness (QED) is 0.839. The smallest absolute Gasteiger partial charge is 0.153 e. The maximum absolute atomic E-state index is 10.8. The molecule has 1 N–H and O–H groups in total. The van der Waals surface area contributed by atoms with E-state index in [2.05, 4.69) is 4.98 Å². The largest absolute Gasteiger partial charge is 0.505 e. The standard InChI is InChI=1S/C14H13NO3/c1-2-18-12-6-4-3-5-11(12)13-14(17)10(9-16)7-8-15-13/h3-9,17H,2H2,1H3. The lowest BCUT2D eigenvalue weighted by molar-refractivity contribution is 0.112. The molecule has 0 spiro atoms. The van der Waals surface area contributed by atoms with Gasteiger partial charge in [0.1, 0.15) is 11.4 Å². The van der Waals surface area contributed by atoms with Gasteiger partial charge < -0.3 is 9.84 Å². The van der Waals surface area contributed by atoms with Gasteiger partial charge in [-0.15, -0.1) is 0 Å². The highest BCUT2D eigenvalue weighted by Gasteiger charge is 2.13. The van der Waals surface area contributed by atoms with Crippen molar-refractivity contribution in [1.29, 1.82) is 0 Å². The van der Waals surface area contributed by atoms with Crippen molar-refractivity contribution in [2.45, 2.75) is 6.92 Å². The zero-order valence-corrected chi connectivity index (χ0v) is 9.96. The van der Waals surface area contributed by atoms with Gasteiger partial charge in [0.05, 0.1) is 12.2 Å². The summed E-state index contributed by atoms with van der Waals surface area (Å²) < 4.78 is 5.48. The second-order valence-corrected chi connectivity index (χ2v) is 3.64. The molecule has 2 rings (SSSR count). The number of ether oxygens (including phenoxy) is 1. The van der Waals surface area contributed by atoms with Gasteiger partial charge in [-0.05, 0) is 25.1 Å². The number of nitrogens with zero attached hydrogens (tertiary/aromatic N) is 1. The van der Waals surface area contributed by atoms with Gasteiger partial charge in [-0.3, -0.25) is 9.78 Å². The molecule has 0 radical (unpaired) electrons. The minimum Gasteiger partial charge on any atom is -0.505 e. The molecule has 1 aromatic carbocycles. The van der Waals surface area contributed by atoms with Crippen LogP contribution in [0.5, 0.6) is 11.5 Å². The predicted molar refractivity (Wildman–Crippen MR) is 67.9 cm³/mol. The number of aldehydes is 1. The van der Waals surface area contributed by atoms with Crippen molar-refractivity contribution < 1.29 is 14.6 Å². The Morgan fingerprint density at radius 2 is 2.11 bits per heavy atom. The molecule has 0 aliphatic heterocycles. The van der Waals surface area contributed by atoms with Gasteiger partial charge in [0.2, 0.25) is 0 Å². The van der Waals surface area contributed by atoms with E-state index in [-0.39, 0.29) is 11.3 Å². The first-order chi connectivity index (χ1) is 8.77. The molecule has 0 fully saturated rings. The van der Waals surface area contributed by atoms with Crippen molar-refractivity contribution in [3.05, 3.63) is 42.1 Å². The van der Waals surface area contributed by atoms with E-state index in [1.807, 2.05) is 19.1 Å². The van der Waals surface area contributed by atoms with E-state index in [4.69, 9.17) is 4.74 Å². The summed E-state index contributed by atoms with van der Waals surface area (Å²) in [6.45, 7) is 2.40. The number of aromatic hydroxyl groups is 1. The molecule has 0 aliphatic carbocycles. The number of benzene rings is 1. The Hall–Kier alpha value is -2.36.